The number of amides is 1. The molecule has 0 unspecified atom stereocenters. The van der Waals surface area contributed by atoms with Gasteiger partial charge >= 0.3 is 0 Å². The van der Waals surface area contributed by atoms with E-state index in [-0.39, 0.29) is 18.6 Å². The molecule has 116 valence electrons. The Balaban J connectivity index is 1.57. The van der Waals surface area contributed by atoms with E-state index in [0.29, 0.717) is 5.75 Å². The minimum atomic E-state index is -0.0951. The van der Waals surface area contributed by atoms with E-state index in [4.69, 9.17) is 4.74 Å². The smallest absolute Gasteiger partial charge is 0.258 e. The second-order valence-corrected chi connectivity index (χ2v) is 5.78. The maximum atomic E-state index is 12.1. The molecule has 0 fully saturated rings. The van der Waals surface area contributed by atoms with Gasteiger partial charge in [0.05, 0.1) is 12.2 Å². The van der Waals surface area contributed by atoms with Crippen molar-refractivity contribution in [3.63, 3.8) is 0 Å². The Morgan fingerprint density at radius 3 is 2.95 bits per heavy atom. The highest BCUT2D eigenvalue weighted by Gasteiger charge is 2.24. The molecule has 5 heteroatoms. The number of hydrogen-bond donors (Lipinski definition) is 1. The van der Waals surface area contributed by atoms with Crippen molar-refractivity contribution in [2.45, 2.75) is 32.2 Å². The van der Waals surface area contributed by atoms with E-state index >= 15 is 0 Å². The fourth-order valence-electron chi connectivity index (χ4n) is 2.88. The van der Waals surface area contributed by atoms with E-state index in [1.165, 1.54) is 11.3 Å². The summed E-state index contributed by atoms with van der Waals surface area (Å²) in [5.74, 6) is 0.619. The Hall–Kier alpha value is -2.30. The molecule has 3 rings (SSSR count). The van der Waals surface area contributed by atoms with Gasteiger partial charge < -0.3 is 10.1 Å². The van der Waals surface area contributed by atoms with E-state index in [1.54, 1.807) is 0 Å². The van der Waals surface area contributed by atoms with Crippen LogP contribution in [-0.4, -0.2) is 22.3 Å². The van der Waals surface area contributed by atoms with Crippen LogP contribution < -0.4 is 10.1 Å². The van der Waals surface area contributed by atoms with Crippen LogP contribution in [0, 0.1) is 6.92 Å². The average molecular weight is 299 g/mol. The Bertz CT molecular complexity index is 661. The second-order valence-electron chi connectivity index (χ2n) is 5.78. The number of nitrogens with one attached hydrogen (secondary N) is 1. The van der Waals surface area contributed by atoms with Crippen molar-refractivity contribution in [2.75, 3.05) is 6.61 Å². The molecule has 0 bridgehead atoms. The lowest BCUT2D eigenvalue weighted by Gasteiger charge is -2.23. The van der Waals surface area contributed by atoms with Gasteiger partial charge in [-0.1, -0.05) is 17.7 Å². The lowest BCUT2D eigenvalue weighted by molar-refractivity contribution is -0.123. The highest BCUT2D eigenvalue weighted by molar-refractivity contribution is 5.78. The van der Waals surface area contributed by atoms with Crippen LogP contribution in [0.3, 0.4) is 0 Å². The van der Waals surface area contributed by atoms with Gasteiger partial charge in [-0.2, -0.15) is 5.10 Å². The van der Waals surface area contributed by atoms with Crippen molar-refractivity contribution in [3.8, 4) is 5.75 Å². The first-order valence-corrected chi connectivity index (χ1v) is 7.63. The topological polar surface area (TPSA) is 56.1 Å². The fourth-order valence-corrected chi connectivity index (χ4v) is 2.88. The summed E-state index contributed by atoms with van der Waals surface area (Å²) in [5.41, 5.74) is 3.52. The molecule has 5 nitrogen and oxygen atoms in total. The monoisotopic (exact) mass is 299 g/mol. The van der Waals surface area contributed by atoms with E-state index in [9.17, 15) is 4.79 Å². The van der Waals surface area contributed by atoms with Gasteiger partial charge in [0.1, 0.15) is 5.75 Å². The molecule has 0 saturated heterocycles. The average Bonchev–Trinajstić information content (AvgIpc) is 2.90. The highest BCUT2D eigenvalue weighted by atomic mass is 16.5. The van der Waals surface area contributed by atoms with Gasteiger partial charge in [-0.05, 0) is 38.3 Å². The van der Waals surface area contributed by atoms with Crippen molar-refractivity contribution >= 4 is 5.91 Å². The van der Waals surface area contributed by atoms with Crippen LogP contribution in [0.15, 0.2) is 30.5 Å². The number of hydrogen-bond acceptors (Lipinski definition) is 3. The molecule has 1 aliphatic carbocycles. The van der Waals surface area contributed by atoms with Crippen molar-refractivity contribution in [1.82, 2.24) is 15.1 Å². The highest BCUT2D eigenvalue weighted by Crippen LogP contribution is 2.28. The zero-order chi connectivity index (χ0) is 15.5. The molecule has 0 spiro atoms. The van der Waals surface area contributed by atoms with E-state index in [1.807, 2.05) is 49.1 Å². The van der Waals surface area contributed by atoms with Gasteiger partial charge in [0.25, 0.3) is 5.91 Å². The van der Waals surface area contributed by atoms with Crippen LogP contribution >= 0.6 is 0 Å². The van der Waals surface area contributed by atoms with E-state index in [2.05, 4.69) is 10.4 Å². The number of benzene rings is 1. The number of aromatic nitrogens is 2. The molecule has 1 atom stereocenters. The third-order valence-electron chi connectivity index (χ3n) is 4.10. The number of aryl methyl sites for hydroxylation is 2. The standard InChI is InChI=1S/C17H21N3O2/c1-12-6-8-13(9-7-12)22-11-17(21)19-15-4-3-5-16-14(15)10-18-20(16)2/h6-10,15H,3-5,11H2,1-2H3,(H,19,21)/t15-/m1/s1. The SMILES string of the molecule is Cc1ccc(OCC(=O)N[C@@H]2CCCc3c2cnn3C)cc1. The lowest BCUT2D eigenvalue weighted by Crippen LogP contribution is -2.34. The largest absolute Gasteiger partial charge is 0.484 e. The van der Waals surface area contributed by atoms with Crippen molar-refractivity contribution in [3.05, 3.63) is 47.3 Å². The Morgan fingerprint density at radius 1 is 1.41 bits per heavy atom. The van der Waals surface area contributed by atoms with Crippen LogP contribution in [0.5, 0.6) is 5.75 Å². The number of carbonyl (C=O) groups is 1. The van der Waals surface area contributed by atoms with Gasteiger partial charge in [-0.15, -0.1) is 0 Å². The van der Waals surface area contributed by atoms with Gasteiger partial charge in [0, 0.05) is 18.3 Å². The van der Waals surface area contributed by atoms with E-state index in [0.717, 1.165) is 24.8 Å². The molecular weight excluding hydrogens is 278 g/mol. The quantitative estimate of drug-likeness (QED) is 0.942. The maximum Gasteiger partial charge on any atom is 0.258 e. The number of nitrogens with zero attached hydrogens (tertiary/aromatic N) is 2. The molecule has 0 aliphatic heterocycles. The lowest BCUT2D eigenvalue weighted by atomic mass is 9.93. The zero-order valence-corrected chi connectivity index (χ0v) is 13.0. The summed E-state index contributed by atoms with van der Waals surface area (Å²) in [6.45, 7) is 2.06. The van der Waals surface area contributed by atoms with Crippen molar-refractivity contribution in [2.24, 2.45) is 7.05 Å². The summed E-state index contributed by atoms with van der Waals surface area (Å²) < 4.78 is 7.42. The Kier molecular flexibility index (Phi) is 4.13. The summed E-state index contributed by atoms with van der Waals surface area (Å²) in [7, 11) is 1.95. The molecular formula is C17H21N3O2. The van der Waals surface area contributed by atoms with E-state index < -0.39 is 0 Å². The zero-order valence-electron chi connectivity index (χ0n) is 13.0. The van der Waals surface area contributed by atoms with Crippen molar-refractivity contribution in [1.29, 1.82) is 0 Å². The third kappa shape index (κ3) is 3.13. The predicted molar refractivity (Wildman–Crippen MR) is 83.7 cm³/mol. The molecule has 1 aliphatic rings. The Morgan fingerprint density at radius 2 is 2.18 bits per heavy atom. The van der Waals surface area contributed by atoms with Gasteiger partial charge in [0.2, 0.25) is 0 Å². The number of ether oxygens (including phenoxy) is 1. The molecule has 1 heterocycles. The fraction of sp³-hybridized carbons (Fsp3) is 0.412. The van der Waals surface area contributed by atoms with Crippen LogP contribution in [0.4, 0.5) is 0 Å². The van der Waals surface area contributed by atoms with Crippen LogP contribution in [-0.2, 0) is 18.3 Å². The Labute approximate surface area is 130 Å². The normalized spacial score (nSPS) is 16.9. The van der Waals surface area contributed by atoms with Crippen LogP contribution in [0.2, 0.25) is 0 Å². The molecule has 1 aromatic heterocycles. The van der Waals surface area contributed by atoms with Gasteiger partial charge in [0.15, 0.2) is 6.61 Å². The van der Waals surface area contributed by atoms with Crippen LogP contribution in [0.1, 0.15) is 35.7 Å². The summed E-state index contributed by atoms with van der Waals surface area (Å²) >= 11 is 0. The molecule has 0 radical (unpaired) electrons. The van der Waals surface area contributed by atoms with Gasteiger partial charge in [-0.25, -0.2) is 0 Å². The first-order chi connectivity index (χ1) is 10.6. The first kappa shape index (κ1) is 14.6. The number of rotatable bonds is 4. The molecule has 2 aromatic rings. The van der Waals surface area contributed by atoms with Gasteiger partial charge in [-0.3, -0.25) is 9.48 Å². The minimum Gasteiger partial charge on any atom is -0.484 e. The summed E-state index contributed by atoms with van der Waals surface area (Å²) in [6.07, 6.45) is 4.91. The van der Waals surface area contributed by atoms with Crippen molar-refractivity contribution < 1.29 is 9.53 Å². The summed E-state index contributed by atoms with van der Waals surface area (Å²) in [6, 6.07) is 7.74. The number of fused-ring (bicyclic) bond motifs is 1. The van der Waals surface area contributed by atoms with Crippen LogP contribution in [0.25, 0.3) is 0 Å². The second kappa shape index (κ2) is 6.22. The third-order valence-corrected chi connectivity index (χ3v) is 4.10. The predicted octanol–water partition coefficient (Wildman–Crippen LogP) is 2.30. The molecule has 1 aromatic carbocycles. The maximum absolute atomic E-state index is 12.1. The molecule has 22 heavy (non-hydrogen) atoms. The molecule has 1 amide bonds. The molecule has 0 saturated carbocycles. The molecule has 1 N–H and O–H groups in total. The summed E-state index contributed by atoms with van der Waals surface area (Å²) in [5, 5.41) is 7.34. The number of carbonyl (C=O) groups excluding carboxylic acids is 1. The summed E-state index contributed by atoms with van der Waals surface area (Å²) in [4.78, 5) is 12.1. The minimum absolute atomic E-state index is 0.0369. The first-order valence-electron chi connectivity index (χ1n) is 7.63.